The molecule has 4 aromatic heterocycles. The van der Waals surface area contributed by atoms with Crippen LogP contribution in [0.5, 0.6) is 5.88 Å². The Bertz CT molecular complexity index is 1770. The van der Waals surface area contributed by atoms with E-state index in [9.17, 15) is 14.3 Å². The molecule has 0 spiro atoms. The van der Waals surface area contributed by atoms with E-state index in [4.69, 9.17) is 26.1 Å². The van der Waals surface area contributed by atoms with Gasteiger partial charge in [0.25, 0.3) is 0 Å². The number of carboxylic acid groups (broad SMARTS) is 1. The molecule has 0 bridgehead atoms. The van der Waals surface area contributed by atoms with Crippen molar-refractivity contribution in [3.63, 3.8) is 0 Å². The smallest absolute Gasteiger partial charge is 0.354 e. The Kier molecular flexibility index (Phi) is 7.82. The Morgan fingerprint density at radius 3 is 2.79 bits per heavy atom. The number of fused-ring (bicyclic) bond motifs is 1. The SMILES string of the molecule is CC(Cc1cc(-c2cccc(OCc3ccc(Cl)cc3F)n2)ccn1)c1nc2ccc(C(=O)O)nc2n1CC1CCO1. The van der Waals surface area contributed by atoms with Crippen LogP contribution in [0.4, 0.5) is 4.39 Å². The van der Waals surface area contributed by atoms with Gasteiger partial charge in [-0.3, -0.25) is 4.98 Å². The summed E-state index contributed by atoms with van der Waals surface area (Å²) in [6, 6.07) is 16.9. The third-order valence-corrected chi connectivity index (χ3v) is 7.44. The zero-order valence-corrected chi connectivity index (χ0v) is 23.5. The first-order chi connectivity index (χ1) is 20.3. The molecule has 214 valence electrons. The molecule has 1 fully saturated rings. The van der Waals surface area contributed by atoms with Gasteiger partial charge in [-0.25, -0.2) is 24.1 Å². The number of hydrogen-bond donors (Lipinski definition) is 1. The Morgan fingerprint density at radius 1 is 1.17 bits per heavy atom. The molecule has 0 aliphatic carbocycles. The van der Waals surface area contributed by atoms with Crippen LogP contribution in [-0.4, -0.2) is 48.3 Å². The maximum atomic E-state index is 14.2. The van der Waals surface area contributed by atoms with Gasteiger partial charge < -0.3 is 19.1 Å². The Labute approximate surface area is 246 Å². The minimum Gasteiger partial charge on any atom is -0.477 e. The van der Waals surface area contributed by atoms with Crippen LogP contribution in [0, 0.1) is 5.82 Å². The van der Waals surface area contributed by atoms with Gasteiger partial charge >= 0.3 is 5.97 Å². The highest BCUT2D eigenvalue weighted by Crippen LogP contribution is 2.28. The van der Waals surface area contributed by atoms with E-state index in [0.717, 1.165) is 23.5 Å². The molecule has 9 nitrogen and oxygen atoms in total. The average molecular weight is 588 g/mol. The van der Waals surface area contributed by atoms with Gasteiger partial charge in [-0.2, -0.15) is 0 Å². The molecule has 1 saturated heterocycles. The van der Waals surface area contributed by atoms with Crippen LogP contribution in [0.1, 0.15) is 46.8 Å². The van der Waals surface area contributed by atoms with Crippen molar-refractivity contribution in [1.29, 1.82) is 0 Å². The highest BCUT2D eigenvalue weighted by Gasteiger charge is 2.25. The summed E-state index contributed by atoms with van der Waals surface area (Å²) in [6.07, 6.45) is 3.30. The maximum absolute atomic E-state index is 14.2. The third-order valence-electron chi connectivity index (χ3n) is 7.20. The topological polar surface area (TPSA) is 112 Å². The van der Waals surface area contributed by atoms with Crippen molar-refractivity contribution in [1.82, 2.24) is 24.5 Å². The molecule has 1 N–H and O–H groups in total. The van der Waals surface area contributed by atoms with Gasteiger partial charge in [-0.15, -0.1) is 0 Å². The summed E-state index contributed by atoms with van der Waals surface area (Å²) in [6.45, 7) is 3.35. The molecule has 1 aliphatic heterocycles. The lowest BCUT2D eigenvalue weighted by atomic mass is 10.0. The standard InChI is InChI=1S/C31H27ClFN5O4/c1-18(29-36-26-7-8-27(31(39)40)37-30(26)38(29)16-23-10-12-41-23)13-22-14-19(9-11-34-22)25-3-2-4-28(35-25)42-17-20-5-6-21(32)15-24(20)33/h2-9,11,14-15,18,23H,10,12-13,16-17H2,1H3,(H,39,40). The lowest BCUT2D eigenvalue weighted by Crippen LogP contribution is -2.32. The van der Waals surface area contributed by atoms with Gasteiger partial charge in [0, 0.05) is 46.6 Å². The molecule has 2 atom stereocenters. The fraction of sp³-hybridized carbons (Fsp3) is 0.258. The van der Waals surface area contributed by atoms with Crippen molar-refractivity contribution in [3.05, 3.63) is 100 Å². The van der Waals surface area contributed by atoms with Crippen molar-refractivity contribution in [2.75, 3.05) is 6.61 Å². The molecule has 0 amide bonds. The zero-order chi connectivity index (χ0) is 29.2. The number of carbonyl (C=O) groups is 1. The van der Waals surface area contributed by atoms with Crippen molar-refractivity contribution in [2.45, 2.75) is 44.9 Å². The largest absolute Gasteiger partial charge is 0.477 e. The first-order valence-electron chi connectivity index (χ1n) is 13.5. The number of pyridine rings is 3. The van der Waals surface area contributed by atoms with Gasteiger partial charge in [0.1, 0.15) is 23.8 Å². The number of ether oxygens (including phenoxy) is 2. The third kappa shape index (κ3) is 5.95. The van der Waals surface area contributed by atoms with E-state index in [2.05, 4.69) is 21.9 Å². The second-order valence-corrected chi connectivity index (χ2v) is 10.7. The summed E-state index contributed by atoms with van der Waals surface area (Å²) in [7, 11) is 0. The Morgan fingerprint density at radius 2 is 2.02 bits per heavy atom. The van der Waals surface area contributed by atoms with Crippen LogP contribution in [0.2, 0.25) is 5.02 Å². The highest BCUT2D eigenvalue weighted by atomic mass is 35.5. The molecule has 1 aliphatic rings. The summed E-state index contributed by atoms with van der Waals surface area (Å²) >= 11 is 5.84. The number of rotatable bonds is 10. The van der Waals surface area contributed by atoms with Gasteiger partial charge in [0.2, 0.25) is 5.88 Å². The van der Waals surface area contributed by atoms with E-state index in [1.807, 2.05) is 28.8 Å². The average Bonchev–Trinajstić information content (AvgIpc) is 3.32. The lowest BCUT2D eigenvalue weighted by molar-refractivity contribution is -0.0591. The predicted molar refractivity (Wildman–Crippen MR) is 154 cm³/mol. The van der Waals surface area contributed by atoms with E-state index < -0.39 is 11.8 Å². The van der Waals surface area contributed by atoms with Gasteiger partial charge in [-0.05, 0) is 55.3 Å². The van der Waals surface area contributed by atoms with Crippen LogP contribution in [0.3, 0.4) is 0 Å². The summed E-state index contributed by atoms with van der Waals surface area (Å²) in [5, 5.41) is 9.79. The molecule has 5 aromatic rings. The Balaban J connectivity index is 1.22. The highest BCUT2D eigenvalue weighted by molar-refractivity contribution is 6.30. The molecule has 0 radical (unpaired) electrons. The van der Waals surface area contributed by atoms with Gasteiger partial charge in [0.15, 0.2) is 11.3 Å². The Hall–Kier alpha value is -4.41. The molecular weight excluding hydrogens is 561 g/mol. The van der Waals surface area contributed by atoms with Crippen molar-refractivity contribution < 1.29 is 23.8 Å². The number of imidazole rings is 1. The van der Waals surface area contributed by atoms with Gasteiger partial charge in [0.05, 0.1) is 18.3 Å². The monoisotopic (exact) mass is 587 g/mol. The summed E-state index contributed by atoms with van der Waals surface area (Å²) in [5.74, 6) is -0.398. The van der Waals surface area contributed by atoms with Crippen LogP contribution in [-0.2, 0) is 24.3 Å². The number of carboxylic acids is 1. The molecule has 11 heteroatoms. The molecule has 0 saturated carbocycles. The number of aromatic nitrogens is 5. The van der Waals surface area contributed by atoms with E-state index >= 15 is 0 Å². The maximum Gasteiger partial charge on any atom is 0.354 e. The van der Waals surface area contributed by atoms with Crippen LogP contribution in [0.25, 0.3) is 22.4 Å². The number of nitrogens with zero attached hydrogens (tertiary/aromatic N) is 5. The predicted octanol–water partition coefficient (Wildman–Crippen LogP) is 6.09. The molecule has 42 heavy (non-hydrogen) atoms. The van der Waals surface area contributed by atoms with E-state index in [-0.39, 0.29) is 24.3 Å². The van der Waals surface area contributed by atoms with Crippen LogP contribution < -0.4 is 4.74 Å². The van der Waals surface area contributed by atoms with E-state index in [1.165, 1.54) is 12.1 Å². The summed E-state index contributed by atoms with van der Waals surface area (Å²) in [5.41, 5.74) is 3.93. The fourth-order valence-corrected chi connectivity index (χ4v) is 5.09. The minimum atomic E-state index is -1.08. The van der Waals surface area contributed by atoms with E-state index in [0.29, 0.717) is 52.9 Å². The number of benzene rings is 1. The van der Waals surface area contributed by atoms with E-state index in [1.54, 1.807) is 30.5 Å². The van der Waals surface area contributed by atoms with Crippen molar-refractivity contribution in [2.24, 2.45) is 0 Å². The second-order valence-electron chi connectivity index (χ2n) is 10.2. The quantitative estimate of drug-likeness (QED) is 0.209. The molecule has 5 heterocycles. The normalized spacial score (nSPS) is 15.4. The van der Waals surface area contributed by atoms with Crippen LogP contribution in [0.15, 0.2) is 66.9 Å². The number of aromatic carboxylic acids is 1. The number of halogens is 2. The number of hydrogen-bond acceptors (Lipinski definition) is 7. The second kappa shape index (κ2) is 11.8. The first-order valence-corrected chi connectivity index (χ1v) is 13.9. The fourth-order valence-electron chi connectivity index (χ4n) is 4.93. The van der Waals surface area contributed by atoms with Gasteiger partial charge in [-0.1, -0.05) is 30.7 Å². The lowest BCUT2D eigenvalue weighted by Gasteiger charge is -2.28. The first kappa shape index (κ1) is 27.7. The molecule has 6 rings (SSSR count). The van der Waals surface area contributed by atoms with Crippen molar-refractivity contribution in [3.8, 4) is 17.1 Å². The van der Waals surface area contributed by atoms with Crippen molar-refractivity contribution >= 4 is 28.7 Å². The minimum absolute atomic E-state index is 0.0221. The molecular formula is C31H27ClFN5O4. The zero-order valence-electron chi connectivity index (χ0n) is 22.7. The van der Waals surface area contributed by atoms with Crippen LogP contribution >= 0.6 is 11.6 Å². The summed E-state index contributed by atoms with van der Waals surface area (Å²) < 4.78 is 27.6. The molecule has 1 aromatic carbocycles. The molecule has 2 unspecified atom stereocenters. The summed E-state index contributed by atoms with van der Waals surface area (Å²) in [4.78, 5) is 30.0.